The number of hydrazine groups is 2. The Kier molecular flexibility index (Phi) is 4.93. The molecule has 1 aliphatic heterocycles. The number of anilines is 1. The fourth-order valence-electron chi connectivity index (χ4n) is 3.42. The molecule has 3 rings (SSSR count). The van der Waals surface area contributed by atoms with Gasteiger partial charge in [-0.3, -0.25) is 0 Å². The maximum absolute atomic E-state index is 11.2. The number of allylic oxidation sites excluding steroid dienone is 2. The molecule has 0 saturated carbocycles. The van der Waals surface area contributed by atoms with Crippen molar-refractivity contribution >= 4 is 5.69 Å². The monoisotopic (exact) mass is 355 g/mol. The van der Waals surface area contributed by atoms with Crippen molar-refractivity contribution in [2.75, 3.05) is 5.12 Å². The highest BCUT2D eigenvalue weighted by atomic mass is 16.3. The van der Waals surface area contributed by atoms with E-state index in [1.165, 1.54) is 5.56 Å². The van der Waals surface area contributed by atoms with Crippen molar-refractivity contribution in [3.63, 3.8) is 0 Å². The molecule has 0 aromatic heterocycles. The predicted octanol–water partition coefficient (Wildman–Crippen LogP) is 4.46. The maximum atomic E-state index is 11.2. The van der Waals surface area contributed by atoms with Crippen molar-refractivity contribution in [3.8, 4) is 5.75 Å². The minimum atomic E-state index is -0.0923. The number of hydrogen-bond donors (Lipinski definition) is 3. The van der Waals surface area contributed by atoms with E-state index in [9.17, 15) is 5.11 Å². The molecule has 1 aromatic rings. The van der Waals surface area contributed by atoms with Crippen molar-refractivity contribution in [2.24, 2.45) is 0 Å². The number of hydrogen-bond acceptors (Lipinski definition) is 4. The van der Waals surface area contributed by atoms with Crippen LogP contribution in [0.2, 0.25) is 0 Å². The summed E-state index contributed by atoms with van der Waals surface area (Å²) >= 11 is 0. The van der Waals surface area contributed by atoms with Gasteiger partial charge in [0.1, 0.15) is 11.4 Å². The third-order valence-electron chi connectivity index (χ3n) is 6.30. The van der Waals surface area contributed by atoms with Crippen LogP contribution in [0.25, 0.3) is 0 Å². The molecule has 3 N–H and O–H groups in total. The molecule has 4 heteroatoms. The van der Waals surface area contributed by atoms with Crippen LogP contribution in [-0.4, -0.2) is 17.2 Å². The lowest BCUT2D eigenvalue weighted by atomic mass is 9.76. The Balaban J connectivity index is 2.09. The third-order valence-corrected chi connectivity index (χ3v) is 6.30. The number of nitrogens with zero attached hydrogens (tertiary/aromatic N) is 1. The normalized spacial score (nSPS) is 22.8. The zero-order valence-corrected chi connectivity index (χ0v) is 16.9. The molecule has 2 atom stereocenters. The van der Waals surface area contributed by atoms with Gasteiger partial charge in [-0.05, 0) is 35.3 Å². The lowest BCUT2D eigenvalue weighted by Gasteiger charge is -2.32. The van der Waals surface area contributed by atoms with Crippen LogP contribution in [0.15, 0.2) is 36.4 Å². The van der Waals surface area contributed by atoms with Crippen LogP contribution < -0.4 is 16.0 Å². The van der Waals surface area contributed by atoms with Crippen LogP contribution in [-0.2, 0) is 10.8 Å². The summed E-state index contributed by atoms with van der Waals surface area (Å²) in [7, 11) is 0. The highest BCUT2D eigenvalue weighted by molar-refractivity contribution is 5.65. The summed E-state index contributed by atoms with van der Waals surface area (Å²) in [6.45, 7) is 13.3. The van der Waals surface area contributed by atoms with Gasteiger partial charge in [0.25, 0.3) is 0 Å². The van der Waals surface area contributed by atoms with Crippen LogP contribution in [0, 0.1) is 0 Å². The molecule has 1 heterocycles. The van der Waals surface area contributed by atoms with Crippen molar-refractivity contribution in [1.82, 2.24) is 10.9 Å². The second-order valence-corrected chi connectivity index (χ2v) is 8.78. The molecule has 1 fully saturated rings. The fourth-order valence-corrected chi connectivity index (χ4v) is 3.42. The first kappa shape index (κ1) is 19.0. The van der Waals surface area contributed by atoms with Gasteiger partial charge in [-0.2, -0.15) is 0 Å². The quantitative estimate of drug-likeness (QED) is 0.730. The standard InChI is InChI=1S/C22H33N3O/c1-7-21(3,4)15-13-16(22(5,6)8-2)20(26)19(14-15)25-23-17-11-9-10-12-18(17)24-25/h9-14,17-18,23-24,26H,7-8H2,1-6H3. The summed E-state index contributed by atoms with van der Waals surface area (Å²) in [6, 6.07) is 4.72. The van der Waals surface area contributed by atoms with E-state index in [2.05, 4.69) is 88.8 Å². The zero-order valence-electron chi connectivity index (χ0n) is 16.9. The van der Waals surface area contributed by atoms with E-state index in [0.29, 0.717) is 5.75 Å². The molecule has 1 aromatic carbocycles. The molecule has 1 aliphatic carbocycles. The van der Waals surface area contributed by atoms with Gasteiger partial charge in [0.2, 0.25) is 0 Å². The van der Waals surface area contributed by atoms with Crippen molar-refractivity contribution in [3.05, 3.63) is 47.6 Å². The Bertz CT molecular complexity index is 713. The Morgan fingerprint density at radius 2 is 1.46 bits per heavy atom. The van der Waals surface area contributed by atoms with Crippen LogP contribution in [0.4, 0.5) is 5.69 Å². The van der Waals surface area contributed by atoms with Gasteiger partial charge in [-0.25, -0.2) is 16.0 Å². The number of nitrogens with one attached hydrogen (secondary N) is 2. The number of phenolic OH excluding ortho intramolecular Hbond substituents is 1. The van der Waals surface area contributed by atoms with E-state index in [1.807, 2.05) is 5.12 Å². The first-order chi connectivity index (χ1) is 12.2. The van der Waals surface area contributed by atoms with Gasteiger partial charge < -0.3 is 5.11 Å². The predicted molar refractivity (Wildman–Crippen MR) is 109 cm³/mol. The van der Waals surface area contributed by atoms with Crippen molar-refractivity contribution in [2.45, 2.75) is 77.3 Å². The molecular formula is C22H33N3O. The molecule has 0 radical (unpaired) electrons. The Morgan fingerprint density at radius 1 is 0.923 bits per heavy atom. The lowest BCUT2D eigenvalue weighted by molar-refractivity contribution is 0.422. The number of rotatable bonds is 5. The van der Waals surface area contributed by atoms with Gasteiger partial charge >= 0.3 is 0 Å². The van der Waals surface area contributed by atoms with E-state index in [4.69, 9.17) is 0 Å². The highest BCUT2D eigenvalue weighted by Gasteiger charge is 2.34. The molecule has 0 bridgehead atoms. The largest absolute Gasteiger partial charge is 0.505 e. The summed E-state index contributed by atoms with van der Waals surface area (Å²) < 4.78 is 0. The number of aromatic hydroxyl groups is 1. The van der Waals surface area contributed by atoms with Crippen molar-refractivity contribution in [1.29, 1.82) is 0 Å². The average Bonchev–Trinajstić information content (AvgIpc) is 3.05. The summed E-state index contributed by atoms with van der Waals surface area (Å²) in [5.74, 6) is 0.360. The second-order valence-electron chi connectivity index (χ2n) is 8.78. The average molecular weight is 356 g/mol. The number of phenols is 1. The van der Waals surface area contributed by atoms with Gasteiger partial charge in [-0.15, -0.1) is 0 Å². The van der Waals surface area contributed by atoms with E-state index in [0.717, 1.165) is 24.1 Å². The summed E-state index contributed by atoms with van der Waals surface area (Å²) in [5.41, 5.74) is 9.97. The first-order valence-corrected chi connectivity index (χ1v) is 9.75. The number of fused-ring (bicyclic) bond motifs is 1. The van der Waals surface area contributed by atoms with E-state index < -0.39 is 0 Å². The van der Waals surface area contributed by atoms with Gasteiger partial charge in [-0.1, -0.05) is 71.9 Å². The van der Waals surface area contributed by atoms with Crippen LogP contribution in [0.5, 0.6) is 5.75 Å². The zero-order chi connectivity index (χ0) is 19.1. The molecule has 1 saturated heterocycles. The van der Waals surface area contributed by atoms with E-state index in [1.54, 1.807) is 0 Å². The molecular weight excluding hydrogens is 322 g/mol. The van der Waals surface area contributed by atoms with E-state index in [-0.39, 0.29) is 22.9 Å². The third kappa shape index (κ3) is 3.28. The SMILES string of the molecule is CCC(C)(C)c1cc(N2NC3C=CC=CC3N2)c(O)c(C(C)(C)CC)c1. The summed E-state index contributed by atoms with van der Waals surface area (Å²) in [5, 5.41) is 13.1. The summed E-state index contributed by atoms with van der Waals surface area (Å²) in [4.78, 5) is 0. The molecule has 4 nitrogen and oxygen atoms in total. The lowest BCUT2D eigenvalue weighted by Crippen LogP contribution is -2.40. The first-order valence-electron chi connectivity index (χ1n) is 9.75. The molecule has 2 aliphatic rings. The Labute approximate surface area is 157 Å². The van der Waals surface area contributed by atoms with Gasteiger partial charge in [0.05, 0.1) is 12.1 Å². The van der Waals surface area contributed by atoms with Crippen molar-refractivity contribution < 1.29 is 5.11 Å². The highest BCUT2D eigenvalue weighted by Crippen LogP contribution is 2.43. The van der Waals surface area contributed by atoms with Crippen LogP contribution >= 0.6 is 0 Å². The Hall–Kier alpha value is -1.78. The van der Waals surface area contributed by atoms with E-state index >= 15 is 0 Å². The minimum Gasteiger partial charge on any atom is -0.505 e. The topological polar surface area (TPSA) is 47.5 Å². The molecule has 142 valence electrons. The van der Waals surface area contributed by atoms with Crippen LogP contribution in [0.3, 0.4) is 0 Å². The minimum absolute atomic E-state index is 0.0489. The van der Waals surface area contributed by atoms with Crippen LogP contribution in [0.1, 0.15) is 65.5 Å². The van der Waals surface area contributed by atoms with Gasteiger partial charge in [0.15, 0.2) is 0 Å². The molecule has 0 amide bonds. The second kappa shape index (κ2) is 6.75. The molecule has 26 heavy (non-hydrogen) atoms. The molecule has 0 spiro atoms. The fraction of sp³-hybridized carbons (Fsp3) is 0.545. The Morgan fingerprint density at radius 3 is 1.96 bits per heavy atom. The molecule has 2 unspecified atom stereocenters. The van der Waals surface area contributed by atoms with Gasteiger partial charge in [0, 0.05) is 5.56 Å². The summed E-state index contributed by atoms with van der Waals surface area (Å²) in [6.07, 6.45) is 10.4. The maximum Gasteiger partial charge on any atom is 0.145 e. The smallest absolute Gasteiger partial charge is 0.145 e. The number of benzene rings is 1.